The highest BCUT2D eigenvalue weighted by Gasteiger charge is 2.42. The first-order valence-corrected chi connectivity index (χ1v) is 14.7. The van der Waals surface area contributed by atoms with Crippen LogP contribution in [0.15, 0.2) is 29.9 Å². The van der Waals surface area contributed by atoms with Gasteiger partial charge in [-0.05, 0) is 30.9 Å². The average Bonchev–Trinajstić information content (AvgIpc) is 3.68. The standard InChI is InChI=1S/C28H35N5O6S/c1-29-25(34)19-6-2-3-7-20(19)26(35)33-12-9-17-5-4-8-22(24(17)21(33)13-31-28(37)38)39-18-10-11-32(15-18)27(36)23-14-30-16-40-23/h4-5,8,14,16,18-21,31H,2-3,6-7,9-13,15H2,1H3,(H,29,34)(H,37,38)/t18?,19-,20+,21+/m0/s1. The first-order valence-electron chi connectivity index (χ1n) is 13.8. The Morgan fingerprint density at radius 2 is 1.93 bits per heavy atom. The summed E-state index contributed by atoms with van der Waals surface area (Å²) >= 11 is 1.31. The molecule has 4 atom stereocenters. The fraction of sp³-hybridized carbons (Fsp3) is 0.536. The number of amides is 4. The van der Waals surface area contributed by atoms with E-state index in [1.165, 1.54) is 11.3 Å². The number of ether oxygens (including phenoxy) is 1. The van der Waals surface area contributed by atoms with Gasteiger partial charge in [-0.25, -0.2) is 4.79 Å². The van der Waals surface area contributed by atoms with Gasteiger partial charge in [0, 0.05) is 50.5 Å². The predicted molar refractivity (Wildman–Crippen MR) is 147 cm³/mol. The van der Waals surface area contributed by atoms with Crippen molar-refractivity contribution < 1.29 is 29.0 Å². The van der Waals surface area contributed by atoms with Crippen molar-refractivity contribution in [2.24, 2.45) is 11.8 Å². The van der Waals surface area contributed by atoms with Crippen molar-refractivity contribution in [2.75, 3.05) is 33.2 Å². The van der Waals surface area contributed by atoms with Crippen LogP contribution in [0.4, 0.5) is 4.79 Å². The van der Waals surface area contributed by atoms with Gasteiger partial charge in [0.05, 0.1) is 24.3 Å². The van der Waals surface area contributed by atoms with Crippen molar-refractivity contribution >= 4 is 35.2 Å². The lowest BCUT2D eigenvalue weighted by Crippen LogP contribution is -2.50. The third-order valence-corrected chi connectivity index (χ3v) is 9.01. The number of rotatable bonds is 7. The summed E-state index contributed by atoms with van der Waals surface area (Å²) < 4.78 is 6.48. The highest BCUT2D eigenvalue weighted by Crippen LogP contribution is 2.40. The maximum absolute atomic E-state index is 14.0. The molecule has 1 saturated carbocycles. The lowest BCUT2D eigenvalue weighted by Gasteiger charge is -2.42. The minimum Gasteiger partial charge on any atom is -0.488 e. The summed E-state index contributed by atoms with van der Waals surface area (Å²) in [6.45, 7) is 1.43. The largest absolute Gasteiger partial charge is 0.488 e. The number of benzene rings is 1. The van der Waals surface area contributed by atoms with Crippen molar-refractivity contribution in [1.29, 1.82) is 0 Å². The molecule has 2 fully saturated rings. The molecule has 3 aliphatic rings. The summed E-state index contributed by atoms with van der Waals surface area (Å²) in [6.07, 6.45) is 4.47. The Morgan fingerprint density at radius 1 is 1.12 bits per heavy atom. The topological polar surface area (TPSA) is 141 Å². The Morgan fingerprint density at radius 3 is 2.65 bits per heavy atom. The van der Waals surface area contributed by atoms with Crippen LogP contribution in [0.3, 0.4) is 0 Å². The van der Waals surface area contributed by atoms with E-state index in [0.717, 1.165) is 24.0 Å². The highest BCUT2D eigenvalue weighted by atomic mass is 32.1. The summed E-state index contributed by atoms with van der Waals surface area (Å²) in [5, 5.41) is 14.6. The number of thiazole rings is 1. The first-order chi connectivity index (χ1) is 19.4. The number of carbonyl (C=O) groups is 4. The number of nitrogens with zero attached hydrogens (tertiary/aromatic N) is 3. The van der Waals surface area contributed by atoms with Crippen molar-refractivity contribution in [2.45, 2.75) is 50.7 Å². The number of hydrogen-bond donors (Lipinski definition) is 3. The first kappa shape index (κ1) is 27.9. The van der Waals surface area contributed by atoms with E-state index in [2.05, 4.69) is 15.6 Å². The number of carbonyl (C=O) groups excluding carboxylic acids is 3. The monoisotopic (exact) mass is 569 g/mol. The van der Waals surface area contributed by atoms with Crippen LogP contribution in [0.5, 0.6) is 5.75 Å². The van der Waals surface area contributed by atoms with E-state index >= 15 is 0 Å². The molecule has 3 N–H and O–H groups in total. The van der Waals surface area contributed by atoms with Crippen molar-refractivity contribution in [3.63, 3.8) is 0 Å². The van der Waals surface area contributed by atoms with Gasteiger partial charge < -0.3 is 30.3 Å². The van der Waals surface area contributed by atoms with Crippen LogP contribution < -0.4 is 15.4 Å². The second kappa shape index (κ2) is 12.2. The number of fused-ring (bicyclic) bond motifs is 1. The molecule has 0 bridgehead atoms. The molecule has 5 rings (SSSR count). The fourth-order valence-corrected chi connectivity index (χ4v) is 6.89. The van der Waals surface area contributed by atoms with E-state index in [-0.39, 0.29) is 30.4 Å². The van der Waals surface area contributed by atoms with Gasteiger partial charge in [-0.15, -0.1) is 11.3 Å². The molecule has 1 saturated heterocycles. The molecular weight excluding hydrogens is 534 g/mol. The van der Waals surface area contributed by atoms with Gasteiger partial charge >= 0.3 is 6.09 Å². The molecule has 12 heteroatoms. The molecule has 1 unspecified atom stereocenters. The number of hydrogen-bond acceptors (Lipinski definition) is 7. The molecule has 1 aliphatic carbocycles. The van der Waals surface area contributed by atoms with Crippen LogP contribution in [0.1, 0.15) is 58.9 Å². The molecule has 4 amide bonds. The van der Waals surface area contributed by atoms with E-state index in [1.807, 2.05) is 18.2 Å². The highest BCUT2D eigenvalue weighted by molar-refractivity contribution is 7.11. The molecule has 1 aromatic heterocycles. The van der Waals surface area contributed by atoms with E-state index in [4.69, 9.17) is 4.74 Å². The Labute approximate surface area is 236 Å². The Bertz CT molecular complexity index is 1250. The van der Waals surface area contributed by atoms with Crippen molar-refractivity contribution in [3.05, 3.63) is 45.9 Å². The summed E-state index contributed by atoms with van der Waals surface area (Å²) in [6, 6.07) is 5.17. The minimum absolute atomic E-state index is 0.00641. The molecule has 11 nitrogen and oxygen atoms in total. The van der Waals surface area contributed by atoms with Gasteiger partial charge in [0.2, 0.25) is 11.8 Å². The number of nitrogens with one attached hydrogen (secondary N) is 2. The number of carboxylic acid groups (broad SMARTS) is 1. The maximum atomic E-state index is 14.0. The van der Waals surface area contributed by atoms with Crippen LogP contribution in [0, 0.1) is 11.8 Å². The molecular formula is C28H35N5O6S. The molecule has 3 heterocycles. The van der Waals surface area contributed by atoms with Crippen LogP contribution >= 0.6 is 11.3 Å². The Kier molecular flexibility index (Phi) is 8.53. The van der Waals surface area contributed by atoms with Crippen LogP contribution in [0.2, 0.25) is 0 Å². The van der Waals surface area contributed by atoms with Crippen LogP contribution in [0.25, 0.3) is 0 Å². The quantitative estimate of drug-likeness (QED) is 0.466. The molecule has 2 aromatic rings. The fourth-order valence-electron chi connectivity index (χ4n) is 6.31. The van der Waals surface area contributed by atoms with Gasteiger partial charge in [-0.2, -0.15) is 0 Å². The third-order valence-electron chi connectivity index (χ3n) is 8.25. The van der Waals surface area contributed by atoms with Gasteiger partial charge in [-0.1, -0.05) is 25.0 Å². The van der Waals surface area contributed by atoms with E-state index in [9.17, 15) is 24.3 Å². The summed E-state index contributed by atoms with van der Waals surface area (Å²) in [7, 11) is 1.59. The van der Waals surface area contributed by atoms with Crippen molar-refractivity contribution in [1.82, 2.24) is 25.4 Å². The van der Waals surface area contributed by atoms with Crippen molar-refractivity contribution in [3.8, 4) is 5.75 Å². The molecule has 214 valence electrons. The zero-order valence-corrected chi connectivity index (χ0v) is 23.3. The summed E-state index contributed by atoms with van der Waals surface area (Å²) in [4.78, 5) is 59.1. The summed E-state index contributed by atoms with van der Waals surface area (Å²) in [5.74, 6) is -0.561. The van der Waals surface area contributed by atoms with E-state index in [0.29, 0.717) is 55.9 Å². The van der Waals surface area contributed by atoms with Gasteiger partial charge in [0.1, 0.15) is 16.7 Å². The normalized spacial score (nSPS) is 24.2. The second-order valence-corrected chi connectivity index (χ2v) is 11.5. The molecule has 40 heavy (non-hydrogen) atoms. The van der Waals surface area contributed by atoms with Gasteiger partial charge in [-0.3, -0.25) is 19.4 Å². The Balaban J connectivity index is 1.39. The van der Waals surface area contributed by atoms with Gasteiger partial charge in [0.15, 0.2) is 0 Å². The molecule has 1 aromatic carbocycles. The predicted octanol–water partition coefficient (Wildman–Crippen LogP) is 2.68. The summed E-state index contributed by atoms with van der Waals surface area (Å²) in [5.41, 5.74) is 3.42. The van der Waals surface area contributed by atoms with E-state index < -0.39 is 24.0 Å². The zero-order valence-electron chi connectivity index (χ0n) is 22.5. The smallest absolute Gasteiger partial charge is 0.404 e. The van der Waals surface area contributed by atoms with Crippen LogP contribution in [-0.2, 0) is 16.0 Å². The van der Waals surface area contributed by atoms with Gasteiger partial charge in [0.25, 0.3) is 5.91 Å². The number of aromatic nitrogens is 1. The third kappa shape index (κ3) is 5.77. The van der Waals surface area contributed by atoms with Crippen LogP contribution in [-0.4, -0.2) is 83.0 Å². The minimum atomic E-state index is -1.17. The SMILES string of the molecule is CNC(=O)[C@H]1CCCC[C@H]1C(=O)N1CCc2cccc(OC3CCN(C(=O)c4cncs4)C3)c2[C@H]1CNC(=O)O. The lowest BCUT2D eigenvalue weighted by atomic mass is 9.77. The number of likely N-dealkylation sites (tertiary alicyclic amines) is 1. The van der Waals surface area contributed by atoms with E-state index in [1.54, 1.807) is 28.6 Å². The second-order valence-electron chi connectivity index (χ2n) is 10.6. The maximum Gasteiger partial charge on any atom is 0.404 e. The molecule has 2 aliphatic heterocycles. The molecule has 0 spiro atoms. The average molecular weight is 570 g/mol. The zero-order chi connectivity index (χ0) is 28.2. The molecule has 0 radical (unpaired) electrons. The Hall–Kier alpha value is -3.67. The lowest BCUT2D eigenvalue weighted by molar-refractivity contribution is -0.146.